The number of halogens is 3. The van der Waals surface area contributed by atoms with Crippen LogP contribution in [-0.4, -0.2) is 40.5 Å². The molecule has 1 atom stereocenters. The molecule has 12 heteroatoms. The van der Waals surface area contributed by atoms with E-state index in [2.05, 4.69) is 9.19 Å². The molecule has 0 bridgehead atoms. The Morgan fingerprint density at radius 2 is 1.66 bits per heavy atom. The summed E-state index contributed by atoms with van der Waals surface area (Å²) < 4.78 is 61.0. The average molecular weight is 479 g/mol. The number of carbonyl (C=O) groups excluding carboxylic acids is 1. The second-order valence-electron chi connectivity index (χ2n) is 5.53. The standard InChI is InChI=1S/C9H7F3O2.C8H10AsNO5/c10-9(11,12)7-4-2-1-3-6(7)5-8(13)14;1-6(11)10-8-5-3-2-4-7(8)9(12,13)15-14/h1-4H,5H2,(H,13,14);2-5,14H,1H3,(H,10,11)(H,12,13). The van der Waals surface area contributed by atoms with E-state index in [0.29, 0.717) is 0 Å². The number of anilines is 1. The van der Waals surface area contributed by atoms with Crippen LogP contribution in [0.25, 0.3) is 0 Å². The minimum Gasteiger partial charge on any atom is -0.481 e. The van der Waals surface area contributed by atoms with Crippen molar-refractivity contribution in [3.8, 4) is 0 Å². The van der Waals surface area contributed by atoms with Gasteiger partial charge in [-0.1, -0.05) is 18.2 Å². The molecule has 29 heavy (non-hydrogen) atoms. The second-order valence-corrected chi connectivity index (χ2v) is 9.06. The third-order valence-electron chi connectivity index (χ3n) is 3.29. The van der Waals surface area contributed by atoms with Gasteiger partial charge in [-0.25, -0.2) is 0 Å². The number of hydrogen-bond acceptors (Lipinski definition) is 5. The van der Waals surface area contributed by atoms with Crippen molar-refractivity contribution in [3.05, 3.63) is 59.7 Å². The van der Waals surface area contributed by atoms with Gasteiger partial charge >= 0.3 is 101 Å². The van der Waals surface area contributed by atoms with E-state index in [1.165, 1.54) is 37.3 Å². The first-order chi connectivity index (χ1) is 13.4. The van der Waals surface area contributed by atoms with E-state index < -0.39 is 38.3 Å². The molecule has 8 nitrogen and oxygen atoms in total. The fourth-order valence-corrected chi connectivity index (χ4v) is 3.85. The molecule has 0 heterocycles. The Bertz CT molecular complexity index is 918. The molecule has 1 amide bonds. The third-order valence-corrected chi connectivity index (χ3v) is 5.85. The number of alkyl halides is 3. The Hall–Kier alpha value is -2.59. The molecule has 0 aromatic heterocycles. The summed E-state index contributed by atoms with van der Waals surface area (Å²) in [5, 5.41) is 19.1. The number of para-hydroxylation sites is 1. The maximum atomic E-state index is 12.3. The normalized spacial score (nSPS) is 12.9. The Morgan fingerprint density at radius 3 is 2.17 bits per heavy atom. The summed E-state index contributed by atoms with van der Waals surface area (Å²) in [7, 11) is 0. The van der Waals surface area contributed by atoms with Crippen molar-refractivity contribution in [2.45, 2.75) is 19.5 Å². The van der Waals surface area contributed by atoms with Gasteiger partial charge in [0.15, 0.2) is 0 Å². The molecule has 0 fully saturated rings. The van der Waals surface area contributed by atoms with E-state index in [-0.39, 0.29) is 21.5 Å². The number of carboxylic acid groups (broad SMARTS) is 1. The van der Waals surface area contributed by atoms with Crippen LogP contribution in [0.5, 0.6) is 0 Å². The largest absolute Gasteiger partial charge is 0.481 e. The molecule has 0 saturated carbocycles. The van der Waals surface area contributed by atoms with Crippen LogP contribution in [0.2, 0.25) is 0 Å². The average Bonchev–Trinajstić information content (AvgIpc) is 2.61. The van der Waals surface area contributed by atoms with Crippen molar-refractivity contribution in [1.82, 2.24) is 0 Å². The van der Waals surface area contributed by atoms with Crippen LogP contribution in [0.3, 0.4) is 0 Å². The summed E-state index contributed by atoms with van der Waals surface area (Å²) in [4.78, 5) is 21.1. The van der Waals surface area contributed by atoms with Crippen LogP contribution >= 0.6 is 0 Å². The van der Waals surface area contributed by atoms with E-state index in [1.807, 2.05) is 0 Å². The van der Waals surface area contributed by atoms with Gasteiger partial charge in [0.25, 0.3) is 0 Å². The number of carbonyl (C=O) groups is 2. The quantitative estimate of drug-likeness (QED) is 0.293. The number of aliphatic carboxylic acids is 1. The Balaban J connectivity index is 0.000000291. The van der Waals surface area contributed by atoms with Crippen molar-refractivity contribution in [1.29, 1.82) is 0 Å². The first-order valence-electron chi connectivity index (χ1n) is 7.78. The Labute approximate surface area is 165 Å². The van der Waals surface area contributed by atoms with Crippen molar-refractivity contribution < 1.29 is 44.8 Å². The van der Waals surface area contributed by atoms with Crippen molar-refractivity contribution in [2.24, 2.45) is 0 Å². The molecular weight excluding hydrogens is 462 g/mol. The van der Waals surface area contributed by atoms with Crippen LogP contribution in [0.15, 0.2) is 48.5 Å². The van der Waals surface area contributed by atoms with Crippen LogP contribution < -0.4 is 9.67 Å². The maximum absolute atomic E-state index is 12.3. The van der Waals surface area contributed by atoms with Crippen LogP contribution in [-0.2, 0) is 29.8 Å². The number of amides is 1. The van der Waals surface area contributed by atoms with E-state index in [9.17, 15) is 30.6 Å². The summed E-state index contributed by atoms with van der Waals surface area (Å²) in [5.41, 5.74) is -0.945. The zero-order chi connectivity index (χ0) is 22.2. The zero-order valence-electron chi connectivity index (χ0n) is 14.9. The Kier molecular flexibility index (Phi) is 8.65. The summed E-state index contributed by atoms with van der Waals surface area (Å²) in [5.74, 6) is -1.66. The second kappa shape index (κ2) is 10.3. The van der Waals surface area contributed by atoms with Gasteiger partial charge in [0.1, 0.15) is 0 Å². The van der Waals surface area contributed by atoms with Crippen molar-refractivity contribution in [2.75, 3.05) is 5.32 Å². The number of nitrogens with one attached hydrogen (secondary N) is 1. The van der Waals surface area contributed by atoms with Gasteiger partial charge in [-0.3, -0.25) is 4.79 Å². The first kappa shape index (κ1) is 24.4. The summed E-state index contributed by atoms with van der Waals surface area (Å²) in [6, 6.07) is 10.5. The molecule has 0 aliphatic rings. The van der Waals surface area contributed by atoms with E-state index >= 15 is 0 Å². The summed E-state index contributed by atoms with van der Waals surface area (Å²) in [6.07, 6.45) is -5.11. The third kappa shape index (κ3) is 7.74. The van der Waals surface area contributed by atoms with Crippen LogP contribution in [0.1, 0.15) is 18.1 Å². The molecule has 1 unspecified atom stereocenters. The number of rotatable bonds is 5. The van der Waals surface area contributed by atoms with Crippen molar-refractivity contribution in [3.63, 3.8) is 0 Å². The molecular formula is C17H17AsF3NO7. The van der Waals surface area contributed by atoms with E-state index in [0.717, 1.165) is 12.1 Å². The number of carboxylic acids is 1. The molecule has 0 spiro atoms. The minimum absolute atomic E-state index is 0.103. The van der Waals surface area contributed by atoms with Gasteiger partial charge in [0.2, 0.25) is 0 Å². The SMILES string of the molecule is CC(=O)Nc1ccccc1[As](=O)(O)OO.O=C(O)Cc1ccccc1C(F)(F)F. The molecule has 2 rings (SSSR count). The predicted octanol–water partition coefficient (Wildman–Crippen LogP) is 2.04. The molecule has 2 aromatic carbocycles. The first-order valence-corrected chi connectivity index (χ1v) is 11.1. The molecule has 0 radical (unpaired) electrons. The summed E-state index contributed by atoms with van der Waals surface area (Å²) in [6.45, 7) is 1.27. The van der Waals surface area contributed by atoms with Gasteiger partial charge in [0.05, 0.1) is 12.0 Å². The molecule has 0 saturated heterocycles. The van der Waals surface area contributed by atoms with E-state index in [1.54, 1.807) is 6.07 Å². The minimum atomic E-state index is -4.92. The number of benzene rings is 2. The van der Waals surface area contributed by atoms with Gasteiger partial charge in [-0.2, -0.15) is 13.2 Å². The van der Waals surface area contributed by atoms with Crippen LogP contribution in [0, 0.1) is 0 Å². The molecule has 4 N–H and O–H groups in total. The fraction of sp³-hybridized carbons (Fsp3) is 0.176. The van der Waals surface area contributed by atoms with Gasteiger partial charge in [0, 0.05) is 0 Å². The molecule has 2 aromatic rings. The number of hydrogen-bond donors (Lipinski definition) is 4. The smallest absolute Gasteiger partial charge is 0.416 e. The summed E-state index contributed by atoms with van der Waals surface area (Å²) >= 11 is -4.92. The maximum Gasteiger partial charge on any atom is 0.416 e. The van der Waals surface area contributed by atoms with Gasteiger partial charge in [-0.05, 0) is 11.6 Å². The monoisotopic (exact) mass is 479 g/mol. The molecule has 158 valence electrons. The Morgan fingerprint density at radius 1 is 1.10 bits per heavy atom. The molecule has 0 aliphatic carbocycles. The zero-order valence-corrected chi connectivity index (χ0v) is 16.8. The molecule has 0 aliphatic heterocycles. The van der Waals surface area contributed by atoms with Crippen LogP contribution in [0.4, 0.5) is 18.9 Å². The van der Waals surface area contributed by atoms with Gasteiger partial charge < -0.3 is 5.11 Å². The fourth-order valence-electron chi connectivity index (χ4n) is 2.17. The topological polar surface area (TPSA) is 133 Å². The van der Waals surface area contributed by atoms with Gasteiger partial charge in [-0.15, -0.1) is 0 Å². The van der Waals surface area contributed by atoms with Crippen molar-refractivity contribution >= 4 is 36.1 Å². The predicted molar refractivity (Wildman–Crippen MR) is 95.5 cm³/mol. The van der Waals surface area contributed by atoms with E-state index in [4.69, 9.17) is 10.4 Å².